The second-order valence-electron chi connectivity index (χ2n) is 18.2. The van der Waals surface area contributed by atoms with Crippen LogP contribution in [0.25, 0.3) is 0 Å². The summed E-state index contributed by atoms with van der Waals surface area (Å²) in [6.07, 6.45) is -50.9. The molecule has 0 bridgehead atoms. The van der Waals surface area contributed by atoms with Crippen LogP contribution >= 0.6 is 0 Å². The Bertz CT molecular complexity index is 1710. The van der Waals surface area contributed by atoms with Gasteiger partial charge in [-0.2, -0.15) is 0 Å². The quantitative estimate of drug-likeness (QED) is 0.0682. The number of aliphatic hydroxyl groups is 16. The summed E-state index contributed by atoms with van der Waals surface area (Å²) in [7, 11) is 0. The van der Waals surface area contributed by atoms with E-state index in [2.05, 4.69) is 10.6 Å². The van der Waals surface area contributed by atoms with Gasteiger partial charge in [-0.15, -0.1) is 0 Å². The van der Waals surface area contributed by atoms with Gasteiger partial charge >= 0.3 is 0 Å². The van der Waals surface area contributed by atoms with Crippen LogP contribution in [0.2, 0.25) is 0 Å². The van der Waals surface area contributed by atoms with E-state index in [0.717, 1.165) is 13.8 Å². The summed E-state index contributed by atoms with van der Waals surface area (Å²) in [6.45, 7) is 0.776. The van der Waals surface area contributed by atoms with Crippen LogP contribution in [0.3, 0.4) is 0 Å². The van der Waals surface area contributed by atoms with E-state index in [0.29, 0.717) is 0 Å². The van der Waals surface area contributed by atoms with Gasteiger partial charge in [0.2, 0.25) is 11.8 Å². The highest BCUT2D eigenvalue weighted by molar-refractivity contribution is 5.73. The van der Waals surface area contributed by atoms with Crippen molar-refractivity contribution in [3.8, 4) is 0 Å². The first-order chi connectivity index (χ1) is 33.5. The Balaban J connectivity index is 1.30. The average molecular weight is 1040 g/mol. The molecule has 6 saturated heterocycles. The molecule has 0 unspecified atom stereocenters. The molecule has 0 aromatic rings. The van der Waals surface area contributed by atoms with E-state index in [-0.39, 0.29) is 0 Å². The smallest absolute Gasteiger partial charge is 0.217 e. The predicted octanol–water partition coefficient (Wildman–Crippen LogP) is -11.8. The summed E-state index contributed by atoms with van der Waals surface area (Å²) < 4.78 is 64.4. The molecule has 6 fully saturated rings. The number of hydrogen-bond acceptors (Lipinski definition) is 29. The molecule has 0 aromatic carbocycles. The Morgan fingerprint density at radius 2 is 0.690 bits per heavy atom. The average Bonchev–Trinajstić information content (AvgIpc) is 3.33. The summed E-state index contributed by atoms with van der Waals surface area (Å²) in [4.78, 5) is 25.3. The highest BCUT2D eigenvalue weighted by Crippen LogP contribution is 2.38. The predicted molar refractivity (Wildman–Crippen MR) is 220 cm³/mol. The number of rotatable bonds is 16. The van der Waals surface area contributed by atoms with Crippen molar-refractivity contribution in [3.05, 3.63) is 0 Å². The minimum Gasteiger partial charge on any atom is -0.394 e. The Labute approximate surface area is 403 Å². The van der Waals surface area contributed by atoms with Gasteiger partial charge in [0, 0.05) is 13.8 Å². The Morgan fingerprint density at radius 3 is 1.14 bits per heavy atom. The molecular weight excluding hydrogens is 972 g/mol. The van der Waals surface area contributed by atoms with Gasteiger partial charge in [-0.1, -0.05) is 0 Å². The maximum atomic E-state index is 12.9. The minimum absolute atomic E-state index is 0.759. The summed E-state index contributed by atoms with van der Waals surface area (Å²) in [5, 5.41) is 176. The molecule has 6 rings (SSSR count). The molecule has 6 aliphatic heterocycles. The molecule has 0 saturated carbocycles. The zero-order valence-corrected chi connectivity index (χ0v) is 38.6. The zero-order chi connectivity index (χ0) is 52.5. The SMILES string of the molecule is CC(=O)N[C@@H]1[C@@H](O[C@@H]2O[C@@H](C)[C@@H](O)[C@@H](O)[C@@H]2O)[C@H](O[C@@H]2O[C@H](CO)[C@H](O[C@@H]3O[C@H](CO)[C@@H](O[C@@H]4O[C@H](CO)[C@H](O)[C@H](O)[C@H]4O)[C@H](O[C@@H]4O[C@@H](C)[C@@H](O)[C@@H](O)[C@@H]4O)[C@H]3NC(C)=O)[C@H](O)[C@H]2O)[C@@H](CO)O[C@H]1O. The van der Waals surface area contributed by atoms with Crippen molar-refractivity contribution in [1.82, 2.24) is 10.6 Å². The fourth-order valence-corrected chi connectivity index (χ4v) is 9.20. The first kappa shape index (κ1) is 58.1. The summed E-state index contributed by atoms with van der Waals surface area (Å²) in [5.74, 6) is -1.61. The van der Waals surface area contributed by atoms with E-state index in [4.69, 9.17) is 52.1 Å². The molecular formula is C40H68N2O29. The number of carbonyl (C=O) groups is 2. The standard InChI is InChI=1S/C40H68N2O29/c1-9-19(49)22(52)26(56)37(61-9)70-33-17(41-11(3)47)35(60)63-15(7-45)31(33)68-40-29(59)25(55)30(14(6-44)66-40)67-36-18(42-12(4)48)34(71-38-27(57)23(53)20(50)10(2)62-38)32(16(8-46)65-36)69-39-28(58)24(54)21(51)13(5-43)64-39/h9-10,13-40,43-46,49-60H,5-8H2,1-4H3,(H,41,47)(H,42,48)/t9-,10-,13+,14+,15+,16+,17+,18+,19+,20+,21-,22+,23+,24-,25+,26-,27-,28+,29+,30-,31+,32+,33+,34+,35+,36-,37-,38-,39-,40-/m0/s1. The van der Waals surface area contributed by atoms with E-state index in [1.165, 1.54) is 13.8 Å². The number of aliphatic hydroxyl groups excluding tert-OH is 16. The third-order valence-corrected chi connectivity index (χ3v) is 13.2. The van der Waals surface area contributed by atoms with Gasteiger partial charge in [0.1, 0.15) is 134 Å². The number of nitrogens with one attached hydrogen (secondary N) is 2. The van der Waals surface area contributed by atoms with E-state index in [9.17, 15) is 91.3 Å². The lowest BCUT2D eigenvalue weighted by molar-refractivity contribution is -0.392. The van der Waals surface area contributed by atoms with Crippen LogP contribution in [-0.2, 0) is 61.7 Å². The van der Waals surface area contributed by atoms with Crippen LogP contribution in [0, 0.1) is 0 Å². The van der Waals surface area contributed by atoms with Gasteiger partial charge in [-0.05, 0) is 13.8 Å². The van der Waals surface area contributed by atoms with Crippen molar-refractivity contribution < 1.29 is 143 Å². The molecule has 0 spiro atoms. The van der Waals surface area contributed by atoms with Gasteiger partial charge in [-0.3, -0.25) is 9.59 Å². The van der Waals surface area contributed by atoms with Gasteiger partial charge in [0.05, 0.1) is 38.6 Å². The highest BCUT2D eigenvalue weighted by atomic mass is 16.8. The van der Waals surface area contributed by atoms with E-state index in [1.807, 2.05) is 0 Å². The summed E-state index contributed by atoms with van der Waals surface area (Å²) in [6, 6.07) is -3.38. The Kier molecular flexibility index (Phi) is 20.2. The first-order valence-corrected chi connectivity index (χ1v) is 22.8. The second kappa shape index (κ2) is 24.7. The van der Waals surface area contributed by atoms with E-state index < -0.39 is 222 Å². The number of hydrogen-bond donors (Lipinski definition) is 18. The Morgan fingerprint density at radius 1 is 0.366 bits per heavy atom. The van der Waals surface area contributed by atoms with Crippen LogP contribution in [0.4, 0.5) is 0 Å². The van der Waals surface area contributed by atoms with Crippen LogP contribution in [-0.4, -0.2) is 304 Å². The maximum Gasteiger partial charge on any atom is 0.217 e. The molecule has 31 heteroatoms. The van der Waals surface area contributed by atoms with Crippen molar-refractivity contribution in [3.63, 3.8) is 0 Å². The van der Waals surface area contributed by atoms with E-state index >= 15 is 0 Å². The number of carbonyl (C=O) groups excluding carboxylic acids is 2. The molecule has 2 amide bonds. The second-order valence-corrected chi connectivity index (χ2v) is 18.2. The topological polar surface area (TPSA) is 483 Å². The largest absolute Gasteiger partial charge is 0.394 e. The van der Waals surface area contributed by atoms with Crippen LogP contribution in [0.1, 0.15) is 27.7 Å². The first-order valence-electron chi connectivity index (χ1n) is 22.8. The van der Waals surface area contributed by atoms with Gasteiger partial charge in [-0.25, -0.2) is 0 Å². The lowest BCUT2D eigenvalue weighted by Crippen LogP contribution is -2.71. The lowest BCUT2D eigenvalue weighted by Gasteiger charge is -2.52. The monoisotopic (exact) mass is 1040 g/mol. The third-order valence-electron chi connectivity index (χ3n) is 13.2. The molecule has 18 N–H and O–H groups in total. The molecule has 71 heavy (non-hydrogen) atoms. The fourth-order valence-electron chi connectivity index (χ4n) is 9.20. The molecule has 0 aliphatic carbocycles. The number of ether oxygens (including phenoxy) is 11. The molecule has 0 aromatic heterocycles. The van der Waals surface area contributed by atoms with Crippen molar-refractivity contribution in [2.75, 3.05) is 26.4 Å². The molecule has 412 valence electrons. The molecule has 30 atom stereocenters. The van der Waals surface area contributed by atoms with Gasteiger partial charge in [0.15, 0.2) is 37.7 Å². The van der Waals surface area contributed by atoms with Crippen LogP contribution < -0.4 is 10.6 Å². The Hall–Kier alpha value is -2.14. The van der Waals surface area contributed by atoms with Crippen molar-refractivity contribution >= 4 is 11.8 Å². The summed E-state index contributed by atoms with van der Waals surface area (Å²) >= 11 is 0. The highest BCUT2D eigenvalue weighted by Gasteiger charge is 2.58. The van der Waals surface area contributed by atoms with Crippen LogP contribution in [0.5, 0.6) is 0 Å². The molecule has 6 heterocycles. The van der Waals surface area contributed by atoms with E-state index in [1.54, 1.807) is 0 Å². The van der Waals surface area contributed by atoms with Crippen molar-refractivity contribution in [2.45, 2.75) is 212 Å². The maximum absolute atomic E-state index is 12.9. The molecule has 6 aliphatic rings. The molecule has 0 radical (unpaired) electrons. The van der Waals surface area contributed by atoms with Crippen molar-refractivity contribution in [2.24, 2.45) is 0 Å². The minimum atomic E-state index is -2.23. The van der Waals surface area contributed by atoms with Crippen molar-refractivity contribution in [1.29, 1.82) is 0 Å². The molecule has 31 nitrogen and oxygen atoms in total. The zero-order valence-electron chi connectivity index (χ0n) is 38.6. The summed E-state index contributed by atoms with van der Waals surface area (Å²) in [5.41, 5.74) is 0. The third kappa shape index (κ3) is 12.4. The normalized spacial score (nSPS) is 50.8. The lowest BCUT2D eigenvalue weighted by atomic mass is 9.93. The number of amides is 2. The van der Waals surface area contributed by atoms with Gasteiger partial charge < -0.3 is 144 Å². The fraction of sp³-hybridized carbons (Fsp3) is 0.950. The van der Waals surface area contributed by atoms with Crippen LogP contribution in [0.15, 0.2) is 0 Å². The van der Waals surface area contributed by atoms with Gasteiger partial charge in [0.25, 0.3) is 0 Å².